The Hall–Kier alpha value is -2.89. The van der Waals surface area contributed by atoms with E-state index in [1.54, 1.807) is 20.1 Å². The van der Waals surface area contributed by atoms with Crippen LogP contribution in [0.4, 0.5) is 0 Å². The fraction of sp³-hybridized carbons (Fsp3) is 0.222. The molecule has 8 heteroatoms. The van der Waals surface area contributed by atoms with Crippen molar-refractivity contribution < 1.29 is 17.9 Å². The number of amides is 1. The normalized spacial score (nSPS) is 12.0. The molecule has 1 amide bonds. The summed E-state index contributed by atoms with van der Waals surface area (Å²) in [5.41, 5.74) is 1.14. The quantitative estimate of drug-likeness (QED) is 0.768. The molecular weight excluding hydrogens is 354 g/mol. The van der Waals surface area contributed by atoms with Crippen LogP contribution in [0.5, 0.6) is 5.75 Å². The number of nitrogens with one attached hydrogen (secondary N) is 2. The van der Waals surface area contributed by atoms with Crippen molar-refractivity contribution in [3.05, 3.63) is 59.7 Å². The molecule has 26 heavy (non-hydrogen) atoms. The molecule has 2 N–H and O–H groups in total. The minimum Gasteiger partial charge on any atom is -0.496 e. The summed E-state index contributed by atoms with van der Waals surface area (Å²) in [6.07, 6.45) is 0. The van der Waals surface area contributed by atoms with Gasteiger partial charge < -0.3 is 10.1 Å². The molecule has 2 aromatic rings. The van der Waals surface area contributed by atoms with Gasteiger partial charge >= 0.3 is 0 Å². The molecule has 2 aromatic carbocycles. The average Bonchev–Trinajstić information content (AvgIpc) is 2.66. The zero-order valence-electron chi connectivity index (χ0n) is 14.4. The summed E-state index contributed by atoms with van der Waals surface area (Å²) in [6, 6.07) is 14.3. The molecule has 7 nitrogen and oxygen atoms in total. The molecule has 0 saturated heterocycles. The second-order valence-corrected chi connectivity index (χ2v) is 7.26. The van der Waals surface area contributed by atoms with E-state index in [0.29, 0.717) is 11.3 Å². The van der Waals surface area contributed by atoms with Crippen molar-refractivity contribution in [2.75, 3.05) is 13.7 Å². The van der Waals surface area contributed by atoms with E-state index in [9.17, 15) is 13.2 Å². The number of carbonyl (C=O) groups excluding carboxylic acids is 1. The van der Waals surface area contributed by atoms with Crippen molar-refractivity contribution in [3.8, 4) is 11.8 Å². The van der Waals surface area contributed by atoms with Crippen LogP contribution in [0.15, 0.2) is 53.4 Å². The number of ether oxygens (including phenoxy) is 1. The van der Waals surface area contributed by atoms with Crippen LogP contribution in [0.25, 0.3) is 0 Å². The number of methoxy groups -OCH3 is 1. The predicted octanol–water partition coefficient (Wildman–Crippen LogP) is 1.72. The molecule has 1 atom stereocenters. The molecule has 0 aliphatic rings. The van der Waals surface area contributed by atoms with Gasteiger partial charge in [-0.1, -0.05) is 18.2 Å². The van der Waals surface area contributed by atoms with Crippen LogP contribution in [0.1, 0.15) is 24.1 Å². The lowest BCUT2D eigenvalue weighted by Crippen LogP contribution is -2.38. The van der Waals surface area contributed by atoms with E-state index in [2.05, 4.69) is 10.0 Å². The summed E-state index contributed by atoms with van der Waals surface area (Å²) in [5.74, 6) is 0.166. The first kappa shape index (κ1) is 19.4. The molecule has 0 radical (unpaired) electrons. The van der Waals surface area contributed by atoms with E-state index in [-0.39, 0.29) is 10.9 Å². The summed E-state index contributed by atoms with van der Waals surface area (Å²) in [4.78, 5) is 12.1. The van der Waals surface area contributed by atoms with Crippen molar-refractivity contribution in [2.24, 2.45) is 0 Å². The third-order valence-corrected chi connectivity index (χ3v) is 5.12. The first-order valence-corrected chi connectivity index (χ1v) is 9.28. The predicted molar refractivity (Wildman–Crippen MR) is 95.9 cm³/mol. The highest BCUT2D eigenvalue weighted by molar-refractivity contribution is 7.89. The molecule has 0 bridgehead atoms. The van der Waals surface area contributed by atoms with E-state index in [1.165, 1.54) is 24.3 Å². The van der Waals surface area contributed by atoms with E-state index < -0.39 is 22.5 Å². The van der Waals surface area contributed by atoms with Crippen LogP contribution in [-0.4, -0.2) is 28.0 Å². The van der Waals surface area contributed by atoms with Crippen LogP contribution >= 0.6 is 0 Å². The zero-order chi connectivity index (χ0) is 19.2. The van der Waals surface area contributed by atoms with Crippen molar-refractivity contribution in [3.63, 3.8) is 0 Å². The SMILES string of the molecule is COc1ccccc1C(C)NC(=O)CNS(=O)(=O)c1ccc(C#N)cc1. The van der Waals surface area contributed by atoms with E-state index in [0.717, 1.165) is 5.56 Å². The summed E-state index contributed by atoms with van der Waals surface area (Å²) in [5, 5.41) is 11.5. The summed E-state index contributed by atoms with van der Waals surface area (Å²) < 4.78 is 31.9. The molecule has 1 unspecified atom stereocenters. The monoisotopic (exact) mass is 373 g/mol. The molecule has 136 valence electrons. The van der Waals surface area contributed by atoms with Crippen LogP contribution in [0, 0.1) is 11.3 Å². The molecule has 0 aliphatic heterocycles. The van der Waals surface area contributed by atoms with Crippen molar-refractivity contribution >= 4 is 15.9 Å². The third-order valence-electron chi connectivity index (χ3n) is 3.70. The number of benzene rings is 2. The molecule has 0 aliphatic carbocycles. The Morgan fingerprint density at radius 2 is 1.85 bits per heavy atom. The Bertz CT molecular complexity index is 918. The van der Waals surface area contributed by atoms with E-state index in [4.69, 9.17) is 10.00 Å². The van der Waals surface area contributed by atoms with Gasteiger partial charge in [-0.15, -0.1) is 0 Å². The summed E-state index contributed by atoms with van der Waals surface area (Å²) >= 11 is 0. The number of para-hydroxylation sites is 1. The highest BCUT2D eigenvalue weighted by atomic mass is 32.2. The van der Waals surface area contributed by atoms with Gasteiger partial charge in [0.15, 0.2) is 0 Å². The lowest BCUT2D eigenvalue weighted by molar-refractivity contribution is -0.120. The Labute approximate surface area is 152 Å². The Balaban J connectivity index is 1.98. The first-order chi connectivity index (χ1) is 12.4. The van der Waals surface area contributed by atoms with E-state index in [1.807, 2.05) is 24.3 Å². The second kappa shape index (κ2) is 8.47. The minimum atomic E-state index is -3.84. The fourth-order valence-electron chi connectivity index (χ4n) is 2.35. The standard InChI is InChI=1S/C18H19N3O4S/c1-13(16-5-3-4-6-17(16)25-2)21-18(22)12-20-26(23,24)15-9-7-14(11-19)8-10-15/h3-10,13,20H,12H2,1-2H3,(H,21,22). The number of hydrogen-bond acceptors (Lipinski definition) is 5. The van der Waals surface area contributed by atoms with Gasteiger partial charge in [-0.25, -0.2) is 13.1 Å². The maximum atomic E-state index is 12.2. The van der Waals surface area contributed by atoms with Gasteiger partial charge in [-0.2, -0.15) is 5.26 Å². The third kappa shape index (κ3) is 4.81. The minimum absolute atomic E-state index is 0.0120. The lowest BCUT2D eigenvalue weighted by atomic mass is 10.1. The van der Waals surface area contributed by atoms with Gasteiger partial charge in [0.25, 0.3) is 0 Å². The Morgan fingerprint density at radius 1 is 1.19 bits per heavy atom. The fourth-order valence-corrected chi connectivity index (χ4v) is 3.33. The molecule has 0 spiro atoms. The van der Waals surface area contributed by atoms with Crippen molar-refractivity contribution in [2.45, 2.75) is 17.9 Å². The molecule has 0 saturated carbocycles. The van der Waals surface area contributed by atoms with Crippen molar-refractivity contribution in [1.29, 1.82) is 5.26 Å². The highest BCUT2D eigenvalue weighted by Gasteiger charge is 2.18. The Kier molecular flexibility index (Phi) is 6.33. The van der Waals surface area contributed by atoms with Gasteiger partial charge in [0.2, 0.25) is 15.9 Å². The van der Waals surface area contributed by atoms with Gasteiger partial charge in [0.1, 0.15) is 5.75 Å². The zero-order valence-corrected chi connectivity index (χ0v) is 15.2. The van der Waals surface area contributed by atoms with Gasteiger partial charge in [0, 0.05) is 5.56 Å². The highest BCUT2D eigenvalue weighted by Crippen LogP contribution is 2.24. The summed E-state index contributed by atoms with van der Waals surface area (Å²) in [6.45, 7) is 1.38. The molecule has 0 aromatic heterocycles. The number of nitriles is 1. The van der Waals surface area contributed by atoms with Gasteiger partial charge in [-0.3, -0.25) is 4.79 Å². The van der Waals surface area contributed by atoms with E-state index >= 15 is 0 Å². The topological polar surface area (TPSA) is 108 Å². The smallest absolute Gasteiger partial charge is 0.241 e. The maximum absolute atomic E-state index is 12.2. The molecular formula is C18H19N3O4S. The van der Waals surface area contributed by atoms with Crippen LogP contribution in [0.2, 0.25) is 0 Å². The van der Waals surface area contributed by atoms with Gasteiger partial charge in [0.05, 0.1) is 36.2 Å². The van der Waals surface area contributed by atoms with Crippen LogP contribution in [-0.2, 0) is 14.8 Å². The number of carbonyl (C=O) groups is 1. The van der Waals surface area contributed by atoms with Crippen LogP contribution in [0.3, 0.4) is 0 Å². The lowest BCUT2D eigenvalue weighted by Gasteiger charge is -2.17. The number of sulfonamides is 1. The first-order valence-electron chi connectivity index (χ1n) is 7.79. The number of hydrogen-bond donors (Lipinski definition) is 2. The largest absolute Gasteiger partial charge is 0.496 e. The number of nitrogens with zero attached hydrogens (tertiary/aromatic N) is 1. The number of rotatable bonds is 7. The summed E-state index contributed by atoms with van der Waals surface area (Å²) in [7, 11) is -2.30. The molecule has 2 rings (SSSR count). The van der Waals surface area contributed by atoms with Gasteiger partial charge in [-0.05, 0) is 37.3 Å². The van der Waals surface area contributed by atoms with Crippen LogP contribution < -0.4 is 14.8 Å². The average molecular weight is 373 g/mol. The molecule has 0 heterocycles. The Morgan fingerprint density at radius 3 is 2.46 bits per heavy atom. The maximum Gasteiger partial charge on any atom is 0.241 e. The second-order valence-electron chi connectivity index (χ2n) is 5.49. The molecule has 0 fully saturated rings. The van der Waals surface area contributed by atoms with Crippen molar-refractivity contribution in [1.82, 2.24) is 10.0 Å².